The molecular formula is C11H15BrN2S. The van der Waals surface area contributed by atoms with Gasteiger partial charge in [0, 0.05) is 29.5 Å². The van der Waals surface area contributed by atoms with E-state index in [1.54, 1.807) is 11.3 Å². The normalized spacial score (nSPS) is 35.5. The Hall–Kier alpha value is -0.0900. The van der Waals surface area contributed by atoms with Crippen molar-refractivity contribution in [2.24, 2.45) is 11.8 Å². The average Bonchev–Trinajstić information content (AvgIpc) is 2.84. The molecule has 3 atom stereocenters. The third-order valence-electron chi connectivity index (χ3n) is 3.68. The first-order valence-electron chi connectivity index (χ1n) is 5.61. The summed E-state index contributed by atoms with van der Waals surface area (Å²) in [6, 6.07) is 0. The first-order valence-corrected chi connectivity index (χ1v) is 7.41. The fraction of sp³-hybridized carbons (Fsp3) is 0.727. The number of nitrogens with zero attached hydrogens (tertiary/aromatic N) is 2. The molecule has 0 bridgehead atoms. The van der Waals surface area contributed by atoms with E-state index in [1.807, 2.05) is 6.20 Å². The summed E-state index contributed by atoms with van der Waals surface area (Å²) in [5, 5.41) is 3.29. The largest absolute Gasteiger partial charge is 0.348 e. The summed E-state index contributed by atoms with van der Waals surface area (Å²) >= 11 is 5.53. The molecule has 3 unspecified atom stereocenters. The van der Waals surface area contributed by atoms with Crippen molar-refractivity contribution >= 4 is 32.4 Å². The predicted octanol–water partition coefficient (Wildman–Crippen LogP) is 3.14. The van der Waals surface area contributed by atoms with Crippen LogP contribution in [0, 0.1) is 11.8 Å². The van der Waals surface area contributed by atoms with Crippen molar-refractivity contribution in [1.82, 2.24) is 4.98 Å². The minimum atomic E-state index is 0.759. The van der Waals surface area contributed by atoms with Crippen molar-refractivity contribution in [3.05, 3.63) is 11.6 Å². The zero-order valence-corrected chi connectivity index (χ0v) is 11.0. The fourth-order valence-corrected chi connectivity index (χ4v) is 4.31. The summed E-state index contributed by atoms with van der Waals surface area (Å²) in [6.45, 7) is 2.46. The SMILES string of the molecule is BrC1CCC2CN(c3nccs3)CC2C1. The second-order valence-corrected chi connectivity index (χ2v) is 6.82. The van der Waals surface area contributed by atoms with Gasteiger partial charge in [-0.25, -0.2) is 4.98 Å². The molecule has 1 saturated heterocycles. The van der Waals surface area contributed by atoms with Crippen LogP contribution in [0.5, 0.6) is 0 Å². The van der Waals surface area contributed by atoms with E-state index in [1.165, 1.54) is 37.5 Å². The zero-order valence-electron chi connectivity index (χ0n) is 8.60. The van der Waals surface area contributed by atoms with Crippen LogP contribution in [0.4, 0.5) is 5.13 Å². The van der Waals surface area contributed by atoms with E-state index < -0.39 is 0 Å². The number of rotatable bonds is 1. The number of alkyl halides is 1. The van der Waals surface area contributed by atoms with Crippen molar-refractivity contribution in [2.75, 3.05) is 18.0 Å². The molecule has 82 valence electrons. The Kier molecular flexibility index (Phi) is 2.73. The molecule has 2 heterocycles. The maximum absolute atomic E-state index is 4.41. The lowest BCUT2D eigenvalue weighted by atomic mass is 9.82. The molecule has 3 rings (SSSR count). The molecular weight excluding hydrogens is 272 g/mol. The van der Waals surface area contributed by atoms with Gasteiger partial charge in [0.1, 0.15) is 0 Å². The third kappa shape index (κ3) is 1.94. The van der Waals surface area contributed by atoms with Gasteiger partial charge in [-0.3, -0.25) is 0 Å². The number of hydrogen-bond acceptors (Lipinski definition) is 3. The second kappa shape index (κ2) is 4.06. The molecule has 1 saturated carbocycles. The first-order chi connectivity index (χ1) is 7.33. The van der Waals surface area contributed by atoms with Crippen LogP contribution >= 0.6 is 27.3 Å². The van der Waals surface area contributed by atoms with Crippen LogP contribution in [0.1, 0.15) is 19.3 Å². The lowest BCUT2D eigenvalue weighted by molar-refractivity contribution is 0.309. The predicted molar refractivity (Wildman–Crippen MR) is 67.9 cm³/mol. The third-order valence-corrected chi connectivity index (χ3v) is 5.34. The molecule has 1 aliphatic heterocycles. The van der Waals surface area contributed by atoms with Gasteiger partial charge in [0.15, 0.2) is 5.13 Å². The molecule has 1 aliphatic carbocycles. The van der Waals surface area contributed by atoms with Crippen LogP contribution in [0.3, 0.4) is 0 Å². The Morgan fingerprint density at radius 1 is 1.33 bits per heavy atom. The molecule has 0 spiro atoms. The molecule has 2 fully saturated rings. The Balaban J connectivity index is 1.72. The Morgan fingerprint density at radius 3 is 3.00 bits per heavy atom. The molecule has 4 heteroatoms. The highest BCUT2D eigenvalue weighted by molar-refractivity contribution is 9.09. The van der Waals surface area contributed by atoms with Crippen molar-refractivity contribution < 1.29 is 0 Å². The molecule has 0 amide bonds. The highest BCUT2D eigenvalue weighted by Crippen LogP contribution is 2.40. The number of aromatic nitrogens is 1. The number of anilines is 1. The van der Waals surface area contributed by atoms with E-state index >= 15 is 0 Å². The number of fused-ring (bicyclic) bond motifs is 1. The molecule has 0 radical (unpaired) electrons. The van der Waals surface area contributed by atoms with Crippen LogP contribution in [-0.2, 0) is 0 Å². The molecule has 0 N–H and O–H groups in total. The first kappa shape index (κ1) is 10.1. The lowest BCUT2D eigenvalue weighted by Gasteiger charge is -2.27. The van der Waals surface area contributed by atoms with Gasteiger partial charge < -0.3 is 4.90 Å². The van der Waals surface area contributed by atoms with E-state index in [-0.39, 0.29) is 0 Å². The molecule has 15 heavy (non-hydrogen) atoms. The van der Waals surface area contributed by atoms with Gasteiger partial charge in [-0.15, -0.1) is 11.3 Å². The van der Waals surface area contributed by atoms with E-state index in [0.29, 0.717) is 0 Å². The Morgan fingerprint density at radius 2 is 2.20 bits per heavy atom. The quantitative estimate of drug-likeness (QED) is 0.738. The minimum Gasteiger partial charge on any atom is -0.348 e. The summed E-state index contributed by atoms with van der Waals surface area (Å²) in [4.78, 5) is 7.64. The lowest BCUT2D eigenvalue weighted by Crippen LogP contribution is -2.23. The molecule has 2 aliphatic rings. The molecule has 0 aromatic carbocycles. The van der Waals surface area contributed by atoms with Gasteiger partial charge in [-0.2, -0.15) is 0 Å². The van der Waals surface area contributed by atoms with E-state index in [0.717, 1.165) is 16.7 Å². The van der Waals surface area contributed by atoms with Crippen molar-refractivity contribution in [1.29, 1.82) is 0 Å². The Labute approximate surface area is 103 Å². The average molecular weight is 287 g/mol. The summed E-state index contributed by atoms with van der Waals surface area (Å²) in [5.41, 5.74) is 0. The van der Waals surface area contributed by atoms with Crippen LogP contribution in [0.2, 0.25) is 0 Å². The van der Waals surface area contributed by atoms with Crippen molar-refractivity contribution in [2.45, 2.75) is 24.1 Å². The minimum absolute atomic E-state index is 0.759. The van der Waals surface area contributed by atoms with Crippen molar-refractivity contribution in [3.63, 3.8) is 0 Å². The van der Waals surface area contributed by atoms with Crippen LogP contribution in [-0.4, -0.2) is 22.9 Å². The summed E-state index contributed by atoms with van der Waals surface area (Å²) in [7, 11) is 0. The van der Waals surface area contributed by atoms with Crippen LogP contribution in [0.25, 0.3) is 0 Å². The topological polar surface area (TPSA) is 16.1 Å². The molecule has 2 nitrogen and oxygen atoms in total. The second-order valence-electron chi connectivity index (χ2n) is 4.65. The van der Waals surface area contributed by atoms with Crippen LogP contribution < -0.4 is 4.90 Å². The maximum atomic E-state index is 4.41. The maximum Gasteiger partial charge on any atom is 0.185 e. The highest BCUT2D eigenvalue weighted by Gasteiger charge is 2.37. The fourth-order valence-electron chi connectivity index (χ4n) is 2.90. The smallest absolute Gasteiger partial charge is 0.185 e. The number of thiazole rings is 1. The van der Waals surface area contributed by atoms with Gasteiger partial charge in [0.05, 0.1) is 0 Å². The van der Waals surface area contributed by atoms with Gasteiger partial charge in [0.2, 0.25) is 0 Å². The zero-order chi connectivity index (χ0) is 10.3. The molecule has 1 aromatic heterocycles. The van der Waals surface area contributed by atoms with E-state index in [9.17, 15) is 0 Å². The van der Waals surface area contributed by atoms with Gasteiger partial charge in [-0.1, -0.05) is 15.9 Å². The highest BCUT2D eigenvalue weighted by atomic mass is 79.9. The number of halogens is 1. The van der Waals surface area contributed by atoms with Gasteiger partial charge >= 0.3 is 0 Å². The van der Waals surface area contributed by atoms with E-state index in [4.69, 9.17) is 0 Å². The standard InChI is InChI=1S/C11H15BrN2S/c12-10-2-1-8-6-14(7-9(8)5-10)11-13-3-4-15-11/h3-4,8-10H,1-2,5-7H2. The van der Waals surface area contributed by atoms with E-state index in [2.05, 4.69) is 31.2 Å². The Bertz CT molecular complexity index is 327. The summed E-state index contributed by atoms with van der Waals surface area (Å²) < 4.78 is 0. The van der Waals surface area contributed by atoms with Crippen LogP contribution in [0.15, 0.2) is 11.6 Å². The molecule has 1 aromatic rings. The summed E-state index contributed by atoms with van der Waals surface area (Å²) in [6.07, 6.45) is 6.01. The monoisotopic (exact) mass is 286 g/mol. The van der Waals surface area contributed by atoms with Crippen molar-refractivity contribution in [3.8, 4) is 0 Å². The van der Waals surface area contributed by atoms with Gasteiger partial charge in [0.25, 0.3) is 0 Å². The summed E-state index contributed by atoms with van der Waals surface area (Å²) in [5.74, 6) is 1.81. The number of hydrogen-bond donors (Lipinski definition) is 0. The van der Waals surface area contributed by atoms with Gasteiger partial charge in [-0.05, 0) is 31.1 Å².